The fourth-order valence-electron chi connectivity index (χ4n) is 2.46. The van der Waals surface area contributed by atoms with Crippen molar-refractivity contribution in [2.45, 2.75) is 13.5 Å². The molecule has 0 fully saturated rings. The van der Waals surface area contributed by atoms with Crippen molar-refractivity contribution in [3.05, 3.63) is 53.9 Å². The highest BCUT2D eigenvalue weighted by Crippen LogP contribution is 2.28. The van der Waals surface area contributed by atoms with Crippen LogP contribution in [0.4, 0.5) is 0 Å². The lowest BCUT2D eigenvalue weighted by atomic mass is 10.1. The molecular formula is C19H23N3O5. The van der Waals surface area contributed by atoms with Gasteiger partial charge in [0.1, 0.15) is 0 Å². The number of amides is 2. The Hall–Kier alpha value is -3.29. The predicted octanol–water partition coefficient (Wildman–Crippen LogP) is 2.27. The Labute approximate surface area is 157 Å². The summed E-state index contributed by atoms with van der Waals surface area (Å²) in [5, 5.41) is 6.38. The Bertz CT molecular complexity index is 815. The highest BCUT2D eigenvalue weighted by Gasteiger charge is 2.20. The standard InChI is InChI=1S/C19H23N3O5/c1-5-9-22(12-14-11-15(21-27-14)18(23)20-6-2)19(24)13-7-8-16(25-3)17(10-13)26-4/h5,7-8,10-11H,1,6,9,12H2,2-4H3,(H,20,23). The van der Waals surface area contributed by atoms with Gasteiger partial charge in [-0.3, -0.25) is 9.59 Å². The monoisotopic (exact) mass is 373 g/mol. The van der Waals surface area contributed by atoms with E-state index in [4.69, 9.17) is 14.0 Å². The van der Waals surface area contributed by atoms with Crippen molar-refractivity contribution in [2.75, 3.05) is 27.3 Å². The lowest BCUT2D eigenvalue weighted by molar-refractivity contribution is 0.0747. The SMILES string of the molecule is C=CCN(Cc1cc(C(=O)NCC)no1)C(=O)c1ccc(OC)c(OC)c1. The first kappa shape index (κ1) is 20.0. The van der Waals surface area contributed by atoms with E-state index in [1.54, 1.807) is 24.3 Å². The van der Waals surface area contributed by atoms with Crippen LogP contribution in [0, 0.1) is 0 Å². The summed E-state index contributed by atoms with van der Waals surface area (Å²) in [7, 11) is 3.03. The molecule has 2 rings (SSSR count). The number of carbonyl (C=O) groups excluding carboxylic acids is 2. The minimum absolute atomic E-state index is 0.144. The van der Waals surface area contributed by atoms with E-state index < -0.39 is 0 Å². The minimum atomic E-state index is -0.325. The molecule has 1 aromatic carbocycles. The number of hydrogen-bond acceptors (Lipinski definition) is 6. The van der Waals surface area contributed by atoms with Gasteiger partial charge in [0, 0.05) is 24.7 Å². The van der Waals surface area contributed by atoms with Gasteiger partial charge in [-0.1, -0.05) is 11.2 Å². The Morgan fingerprint density at radius 3 is 2.63 bits per heavy atom. The molecule has 0 saturated heterocycles. The van der Waals surface area contributed by atoms with Crippen molar-refractivity contribution in [3.63, 3.8) is 0 Å². The fourth-order valence-corrected chi connectivity index (χ4v) is 2.46. The average Bonchev–Trinajstić information content (AvgIpc) is 3.15. The first-order valence-corrected chi connectivity index (χ1v) is 8.40. The van der Waals surface area contributed by atoms with Gasteiger partial charge in [-0.25, -0.2) is 0 Å². The number of ether oxygens (including phenoxy) is 2. The molecule has 1 aromatic heterocycles. The van der Waals surface area contributed by atoms with Gasteiger partial charge in [0.25, 0.3) is 11.8 Å². The average molecular weight is 373 g/mol. The van der Waals surface area contributed by atoms with Crippen LogP contribution in [0.2, 0.25) is 0 Å². The molecule has 8 heteroatoms. The quantitative estimate of drug-likeness (QED) is 0.678. The number of rotatable bonds is 9. The van der Waals surface area contributed by atoms with E-state index in [0.29, 0.717) is 35.9 Å². The van der Waals surface area contributed by atoms with Crippen LogP contribution < -0.4 is 14.8 Å². The molecule has 2 aromatic rings. The molecule has 0 spiro atoms. The van der Waals surface area contributed by atoms with Crippen LogP contribution in [0.5, 0.6) is 11.5 Å². The summed E-state index contributed by atoms with van der Waals surface area (Å²) in [6.45, 7) is 6.43. The van der Waals surface area contributed by atoms with Gasteiger partial charge >= 0.3 is 0 Å². The molecule has 27 heavy (non-hydrogen) atoms. The molecule has 0 aliphatic rings. The van der Waals surface area contributed by atoms with E-state index in [-0.39, 0.29) is 24.1 Å². The van der Waals surface area contributed by atoms with Crippen LogP contribution >= 0.6 is 0 Å². The van der Waals surface area contributed by atoms with Crippen molar-refractivity contribution in [1.29, 1.82) is 0 Å². The van der Waals surface area contributed by atoms with Crippen LogP contribution in [-0.4, -0.2) is 49.2 Å². The number of benzene rings is 1. The highest BCUT2D eigenvalue weighted by molar-refractivity contribution is 5.95. The largest absolute Gasteiger partial charge is 0.493 e. The van der Waals surface area contributed by atoms with Crippen molar-refractivity contribution in [2.24, 2.45) is 0 Å². The van der Waals surface area contributed by atoms with Crippen molar-refractivity contribution in [3.8, 4) is 11.5 Å². The first-order chi connectivity index (χ1) is 13.0. The van der Waals surface area contributed by atoms with Crippen molar-refractivity contribution >= 4 is 11.8 Å². The third-order valence-corrected chi connectivity index (χ3v) is 3.74. The summed E-state index contributed by atoms with van der Waals surface area (Å²) in [6, 6.07) is 6.45. The molecule has 0 aliphatic heterocycles. The zero-order valence-corrected chi connectivity index (χ0v) is 15.7. The molecule has 2 amide bonds. The number of carbonyl (C=O) groups is 2. The smallest absolute Gasteiger partial charge is 0.273 e. The molecular weight excluding hydrogens is 350 g/mol. The summed E-state index contributed by atoms with van der Waals surface area (Å²) in [6.07, 6.45) is 1.61. The third-order valence-electron chi connectivity index (χ3n) is 3.74. The molecule has 0 unspecified atom stereocenters. The molecule has 0 radical (unpaired) electrons. The van der Waals surface area contributed by atoms with E-state index >= 15 is 0 Å². The van der Waals surface area contributed by atoms with Gasteiger partial charge in [0.05, 0.1) is 20.8 Å². The van der Waals surface area contributed by atoms with E-state index in [1.807, 2.05) is 6.92 Å². The third kappa shape index (κ3) is 4.87. The Kier molecular flexibility index (Phi) is 6.99. The van der Waals surface area contributed by atoms with Gasteiger partial charge in [0.15, 0.2) is 23.0 Å². The number of nitrogens with zero attached hydrogens (tertiary/aromatic N) is 2. The van der Waals surface area contributed by atoms with Crippen LogP contribution in [0.3, 0.4) is 0 Å². The van der Waals surface area contributed by atoms with Crippen molar-refractivity contribution < 1.29 is 23.6 Å². The molecule has 0 aliphatic carbocycles. The van der Waals surface area contributed by atoms with Crippen molar-refractivity contribution in [1.82, 2.24) is 15.4 Å². The zero-order chi connectivity index (χ0) is 19.8. The molecule has 1 heterocycles. The number of hydrogen-bond donors (Lipinski definition) is 1. The summed E-state index contributed by atoms with van der Waals surface area (Å²) >= 11 is 0. The topological polar surface area (TPSA) is 93.9 Å². The molecule has 0 atom stereocenters. The van der Waals surface area contributed by atoms with Crippen LogP contribution in [-0.2, 0) is 6.54 Å². The second kappa shape index (κ2) is 9.42. The van der Waals surface area contributed by atoms with E-state index in [0.717, 1.165) is 0 Å². The first-order valence-electron chi connectivity index (χ1n) is 8.40. The Balaban J connectivity index is 2.20. The zero-order valence-electron chi connectivity index (χ0n) is 15.7. The van der Waals surface area contributed by atoms with E-state index in [1.165, 1.54) is 25.2 Å². The number of nitrogens with one attached hydrogen (secondary N) is 1. The van der Waals surface area contributed by atoms with Gasteiger partial charge in [-0.05, 0) is 25.1 Å². The molecule has 144 valence electrons. The van der Waals surface area contributed by atoms with Crippen LogP contribution in [0.15, 0.2) is 41.4 Å². The second-order valence-corrected chi connectivity index (χ2v) is 5.58. The van der Waals surface area contributed by atoms with Crippen LogP contribution in [0.1, 0.15) is 33.5 Å². The normalized spacial score (nSPS) is 10.2. The number of methoxy groups -OCH3 is 2. The summed E-state index contributed by atoms with van der Waals surface area (Å²) in [4.78, 5) is 26.2. The predicted molar refractivity (Wildman–Crippen MR) is 99.0 cm³/mol. The maximum absolute atomic E-state index is 12.9. The van der Waals surface area contributed by atoms with E-state index in [9.17, 15) is 9.59 Å². The van der Waals surface area contributed by atoms with Gasteiger partial charge < -0.3 is 24.2 Å². The van der Waals surface area contributed by atoms with Gasteiger partial charge in [-0.2, -0.15) is 0 Å². The summed E-state index contributed by atoms with van der Waals surface area (Å²) in [5.74, 6) is 0.818. The maximum Gasteiger partial charge on any atom is 0.273 e. The fraction of sp³-hybridized carbons (Fsp3) is 0.316. The lowest BCUT2D eigenvalue weighted by Crippen LogP contribution is -2.30. The summed E-state index contributed by atoms with van der Waals surface area (Å²) in [5.41, 5.74) is 0.599. The van der Waals surface area contributed by atoms with Gasteiger partial charge in [-0.15, -0.1) is 6.58 Å². The molecule has 0 bridgehead atoms. The maximum atomic E-state index is 12.9. The Morgan fingerprint density at radius 2 is 2.00 bits per heavy atom. The highest BCUT2D eigenvalue weighted by atomic mass is 16.5. The lowest BCUT2D eigenvalue weighted by Gasteiger charge is -2.20. The second-order valence-electron chi connectivity index (χ2n) is 5.58. The molecule has 0 saturated carbocycles. The minimum Gasteiger partial charge on any atom is -0.493 e. The summed E-state index contributed by atoms with van der Waals surface area (Å²) < 4.78 is 15.6. The van der Waals surface area contributed by atoms with E-state index in [2.05, 4.69) is 17.1 Å². The number of aromatic nitrogens is 1. The van der Waals surface area contributed by atoms with Crippen LogP contribution in [0.25, 0.3) is 0 Å². The molecule has 1 N–H and O–H groups in total. The van der Waals surface area contributed by atoms with Gasteiger partial charge in [0.2, 0.25) is 0 Å². The molecule has 8 nitrogen and oxygen atoms in total. The Morgan fingerprint density at radius 1 is 1.26 bits per heavy atom.